The fourth-order valence-corrected chi connectivity index (χ4v) is 5.38. The van der Waals surface area contributed by atoms with Crippen LogP contribution in [-0.2, 0) is 19.2 Å². The molecule has 2 aromatic carbocycles. The number of nitrogens with two attached hydrogens (primary N) is 2. The molecular weight excluding hydrogens is 384 g/mol. The average Bonchev–Trinajstić information content (AvgIpc) is 3.00. The highest BCUT2D eigenvalue weighted by atomic mass is 16.2. The third-order valence-corrected chi connectivity index (χ3v) is 7.23. The van der Waals surface area contributed by atoms with E-state index in [1.165, 1.54) is 0 Å². The maximum atomic E-state index is 13.4. The highest BCUT2D eigenvalue weighted by molar-refractivity contribution is 6.34. The van der Waals surface area contributed by atoms with Crippen LogP contribution >= 0.6 is 0 Å². The van der Waals surface area contributed by atoms with Gasteiger partial charge in [0.05, 0.1) is 34.0 Å². The molecule has 3 fully saturated rings. The van der Waals surface area contributed by atoms with Gasteiger partial charge in [0.2, 0.25) is 23.6 Å². The summed E-state index contributed by atoms with van der Waals surface area (Å²) in [5.74, 6) is -3.64. The van der Waals surface area contributed by atoms with Crippen molar-refractivity contribution in [1.82, 2.24) is 0 Å². The molecule has 30 heavy (non-hydrogen) atoms. The van der Waals surface area contributed by atoms with Crippen molar-refractivity contribution < 1.29 is 19.2 Å². The van der Waals surface area contributed by atoms with E-state index >= 15 is 0 Å². The van der Waals surface area contributed by atoms with Crippen molar-refractivity contribution in [2.45, 2.75) is 13.8 Å². The van der Waals surface area contributed by atoms with Crippen LogP contribution in [0.1, 0.15) is 13.8 Å². The number of nitrogens with zero attached hydrogens (tertiary/aromatic N) is 2. The Hall–Kier alpha value is -3.68. The third kappa shape index (κ3) is 1.82. The SMILES string of the molecule is CC12C(=O)N(c3ccc(N)cc3)C(=O)C1C1C(=O)N(c3ccc(N)cc3)C(=O)C12C. The van der Waals surface area contributed by atoms with Gasteiger partial charge in [-0.25, -0.2) is 9.80 Å². The van der Waals surface area contributed by atoms with Crippen molar-refractivity contribution in [3.05, 3.63) is 48.5 Å². The van der Waals surface area contributed by atoms with Gasteiger partial charge in [0.25, 0.3) is 0 Å². The first-order chi connectivity index (χ1) is 14.1. The topological polar surface area (TPSA) is 127 Å². The summed E-state index contributed by atoms with van der Waals surface area (Å²) in [4.78, 5) is 55.6. The van der Waals surface area contributed by atoms with Crippen LogP contribution < -0.4 is 21.3 Å². The van der Waals surface area contributed by atoms with Crippen molar-refractivity contribution in [3.63, 3.8) is 0 Å². The number of fused-ring (bicyclic) bond motifs is 4. The van der Waals surface area contributed by atoms with Crippen molar-refractivity contribution in [1.29, 1.82) is 0 Å². The molecule has 4 amide bonds. The molecule has 8 heteroatoms. The molecular formula is C22H20N4O4. The number of imide groups is 2. The first-order valence-electron chi connectivity index (χ1n) is 9.62. The van der Waals surface area contributed by atoms with Crippen molar-refractivity contribution in [3.8, 4) is 0 Å². The molecule has 2 saturated heterocycles. The molecule has 8 nitrogen and oxygen atoms in total. The lowest BCUT2D eigenvalue weighted by Crippen LogP contribution is -2.66. The molecule has 1 saturated carbocycles. The molecule has 4 N–H and O–H groups in total. The van der Waals surface area contributed by atoms with Crippen molar-refractivity contribution >= 4 is 46.4 Å². The number of hydrogen-bond acceptors (Lipinski definition) is 6. The van der Waals surface area contributed by atoms with E-state index in [1.54, 1.807) is 62.4 Å². The molecule has 5 rings (SSSR count). The Bertz CT molecular complexity index is 1050. The van der Waals surface area contributed by atoms with Crippen molar-refractivity contribution in [2.75, 3.05) is 21.3 Å². The Balaban J connectivity index is 1.58. The van der Waals surface area contributed by atoms with Gasteiger partial charge in [-0.2, -0.15) is 0 Å². The number of carbonyl (C=O) groups is 4. The number of hydrogen-bond donors (Lipinski definition) is 2. The Morgan fingerprint density at radius 1 is 0.633 bits per heavy atom. The van der Waals surface area contributed by atoms with E-state index in [2.05, 4.69) is 0 Å². The fourth-order valence-electron chi connectivity index (χ4n) is 5.38. The van der Waals surface area contributed by atoms with Crippen LogP contribution in [0.25, 0.3) is 0 Å². The van der Waals surface area contributed by atoms with Gasteiger partial charge in [0.1, 0.15) is 0 Å². The summed E-state index contributed by atoms with van der Waals surface area (Å²) < 4.78 is 0. The van der Waals surface area contributed by atoms with E-state index in [0.717, 1.165) is 9.80 Å². The zero-order valence-corrected chi connectivity index (χ0v) is 16.5. The first-order valence-corrected chi connectivity index (χ1v) is 9.62. The largest absolute Gasteiger partial charge is 0.399 e. The van der Waals surface area contributed by atoms with E-state index in [1.807, 2.05) is 0 Å². The third-order valence-electron chi connectivity index (χ3n) is 7.23. The summed E-state index contributed by atoms with van der Waals surface area (Å²) in [5, 5.41) is 0. The summed E-state index contributed by atoms with van der Waals surface area (Å²) >= 11 is 0. The van der Waals surface area contributed by atoms with E-state index < -0.39 is 46.3 Å². The van der Waals surface area contributed by atoms with Gasteiger partial charge in [0.15, 0.2) is 0 Å². The summed E-state index contributed by atoms with van der Waals surface area (Å²) in [6.45, 7) is 3.23. The predicted molar refractivity (Wildman–Crippen MR) is 110 cm³/mol. The Morgan fingerprint density at radius 2 is 0.933 bits per heavy atom. The zero-order chi connectivity index (χ0) is 21.6. The first kappa shape index (κ1) is 18.4. The van der Waals surface area contributed by atoms with E-state index in [-0.39, 0.29) is 0 Å². The van der Waals surface area contributed by atoms with E-state index in [9.17, 15) is 19.2 Å². The van der Waals surface area contributed by atoms with Crippen LogP contribution in [-0.4, -0.2) is 23.6 Å². The number of nitrogen functional groups attached to an aromatic ring is 2. The quantitative estimate of drug-likeness (QED) is 0.578. The Labute approximate surface area is 172 Å². The minimum Gasteiger partial charge on any atom is -0.399 e. The lowest BCUT2D eigenvalue weighted by atomic mass is 9.41. The molecule has 2 aromatic rings. The maximum Gasteiger partial charge on any atom is 0.241 e. The molecule has 2 aliphatic heterocycles. The second-order valence-corrected chi connectivity index (χ2v) is 8.50. The summed E-state index contributed by atoms with van der Waals surface area (Å²) in [5.41, 5.74) is 10.6. The van der Waals surface area contributed by atoms with Gasteiger partial charge in [-0.1, -0.05) is 0 Å². The second-order valence-electron chi connectivity index (χ2n) is 8.50. The highest BCUT2D eigenvalue weighted by Gasteiger charge is 2.86. The second kappa shape index (κ2) is 5.47. The molecule has 0 radical (unpaired) electrons. The average molecular weight is 404 g/mol. The Morgan fingerprint density at radius 3 is 1.23 bits per heavy atom. The molecule has 4 atom stereocenters. The molecule has 3 aliphatic rings. The lowest BCUT2D eigenvalue weighted by Gasteiger charge is -2.54. The highest BCUT2D eigenvalue weighted by Crippen LogP contribution is 2.72. The molecule has 0 aromatic heterocycles. The minimum absolute atomic E-state index is 0.381. The van der Waals surface area contributed by atoms with Gasteiger partial charge < -0.3 is 11.5 Å². The minimum atomic E-state index is -1.30. The number of rotatable bonds is 2. The van der Waals surface area contributed by atoms with Crippen LogP contribution in [0.3, 0.4) is 0 Å². The van der Waals surface area contributed by atoms with Crippen LogP contribution in [0.4, 0.5) is 22.7 Å². The lowest BCUT2D eigenvalue weighted by molar-refractivity contribution is -0.182. The van der Waals surface area contributed by atoms with Crippen LogP contribution in [0.5, 0.6) is 0 Å². The summed E-state index contributed by atoms with van der Waals surface area (Å²) in [7, 11) is 0. The zero-order valence-electron chi connectivity index (χ0n) is 16.5. The van der Waals surface area contributed by atoms with Gasteiger partial charge in [0, 0.05) is 11.4 Å². The van der Waals surface area contributed by atoms with Gasteiger partial charge >= 0.3 is 0 Å². The maximum absolute atomic E-state index is 13.4. The molecule has 0 spiro atoms. The monoisotopic (exact) mass is 404 g/mol. The number of anilines is 4. The van der Waals surface area contributed by atoms with E-state index in [4.69, 9.17) is 11.5 Å². The van der Waals surface area contributed by atoms with Gasteiger partial charge in [-0.15, -0.1) is 0 Å². The van der Waals surface area contributed by atoms with Crippen molar-refractivity contribution in [2.24, 2.45) is 22.7 Å². The normalized spacial score (nSPS) is 32.3. The van der Waals surface area contributed by atoms with Crippen LogP contribution in [0, 0.1) is 22.7 Å². The smallest absolute Gasteiger partial charge is 0.241 e. The molecule has 0 bridgehead atoms. The summed E-state index contributed by atoms with van der Waals surface area (Å²) in [6, 6.07) is 12.7. The summed E-state index contributed by atoms with van der Waals surface area (Å²) in [6.07, 6.45) is 0. The number of benzene rings is 2. The predicted octanol–water partition coefficient (Wildman–Crippen LogP) is 1.56. The number of carbonyl (C=O) groups excluding carboxylic acids is 4. The molecule has 1 aliphatic carbocycles. The number of amides is 4. The molecule has 2 heterocycles. The molecule has 4 unspecified atom stereocenters. The standard InChI is InChI=1S/C22H20N4O4/c1-21-15(17(27)25(19(21)29)13-7-3-11(23)4-8-13)16-18(28)26(20(30)22(16,21)2)14-9-5-12(24)6-10-14/h3-10,15-16H,23-24H2,1-2H3. The van der Waals surface area contributed by atoms with Crippen LogP contribution in [0.15, 0.2) is 48.5 Å². The fraction of sp³-hybridized carbons (Fsp3) is 0.273. The van der Waals surface area contributed by atoms with Gasteiger partial charge in [-0.3, -0.25) is 19.2 Å². The van der Waals surface area contributed by atoms with Gasteiger partial charge in [-0.05, 0) is 62.4 Å². The Kier molecular flexibility index (Phi) is 3.35. The molecule has 152 valence electrons. The van der Waals surface area contributed by atoms with Crippen LogP contribution in [0.2, 0.25) is 0 Å². The van der Waals surface area contributed by atoms with E-state index in [0.29, 0.717) is 22.7 Å².